The molecule has 1 fully saturated rings. The van der Waals surface area contributed by atoms with Crippen LogP contribution in [-0.2, 0) is 14.3 Å². The minimum Gasteiger partial charge on any atom is -0.394 e. The number of aliphatic hydroxyl groups excluding tert-OH is 5. The van der Waals surface area contributed by atoms with Crippen molar-refractivity contribution in [2.45, 2.75) is 326 Å². The van der Waals surface area contributed by atoms with Crippen molar-refractivity contribution >= 4 is 5.91 Å². The van der Waals surface area contributed by atoms with Gasteiger partial charge in [-0.05, 0) is 51.4 Å². The van der Waals surface area contributed by atoms with Crippen LogP contribution in [0.5, 0.6) is 0 Å². The fourth-order valence-electron chi connectivity index (χ4n) is 9.52. The summed E-state index contributed by atoms with van der Waals surface area (Å²) in [6.07, 6.45) is 57.7. The zero-order valence-electron chi connectivity index (χ0n) is 45.1. The second-order valence-electron chi connectivity index (χ2n) is 20.8. The standard InChI is InChI=1S/C60H113NO8/c1-3-5-7-9-11-13-15-16-17-18-19-20-21-22-23-24-25-26-27-28-29-30-31-32-33-34-35-36-37-38-40-42-44-46-48-50-56(64)61-53(52-68-60-59(67)58(66)57(65)55(51-62)69-60)54(63)49-47-45-43-41-39-14-12-10-8-6-4-2/h15-16,18-19,21-22,53-55,57-60,62-63,65-67H,3-14,17,20,23-52H2,1-2H3,(H,61,64)/b16-15-,19-18-,22-21-. The highest BCUT2D eigenvalue weighted by molar-refractivity contribution is 5.76. The number of amides is 1. The van der Waals surface area contributed by atoms with Crippen LogP contribution in [-0.4, -0.2) is 87.5 Å². The first-order valence-electron chi connectivity index (χ1n) is 29.7. The summed E-state index contributed by atoms with van der Waals surface area (Å²) in [5.41, 5.74) is 0. The molecule has 0 aromatic heterocycles. The summed E-state index contributed by atoms with van der Waals surface area (Å²) >= 11 is 0. The molecule has 9 nitrogen and oxygen atoms in total. The molecule has 0 aromatic carbocycles. The summed E-state index contributed by atoms with van der Waals surface area (Å²) in [5.74, 6) is -0.142. The van der Waals surface area contributed by atoms with E-state index in [1.54, 1.807) is 0 Å². The van der Waals surface area contributed by atoms with Gasteiger partial charge in [-0.2, -0.15) is 0 Å². The molecule has 1 amide bonds. The molecule has 0 aromatic rings. The van der Waals surface area contributed by atoms with E-state index in [1.165, 1.54) is 205 Å². The smallest absolute Gasteiger partial charge is 0.220 e. The lowest BCUT2D eigenvalue weighted by Crippen LogP contribution is -2.60. The first-order valence-corrected chi connectivity index (χ1v) is 29.7. The Kier molecular flexibility index (Phi) is 47.4. The summed E-state index contributed by atoms with van der Waals surface area (Å²) in [6, 6.07) is -0.716. The predicted octanol–water partition coefficient (Wildman–Crippen LogP) is 14.7. The molecule has 0 spiro atoms. The van der Waals surface area contributed by atoms with Gasteiger partial charge in [-0.3, -0.25) is 4.79 Å². The monoisotopic (exact) mass is 976 g/mol. The third-order valence-corrected chi connectivity index (χ3v) is 14.2. The minimum absolute atomic E-state index is 0.135. The highest BCUT2D eigenvalue weighted by Crippen LogP contribution is 2.23. The van der Waals surface area contributed by atoms with E-state index in [4.69, 9.17) is 9.47 Å². The zero-order chi connectivity index (χ0) is 50.1. The van der Waals surface area contributed by atoms with Gasteiger partial charge >= 0.3 is 0 Å². The molecule has 0 radical (unpaired) electrons. The van der Waals surface area contributed by atoms with E-state index in [1.807, 2.05) is 0 Å². The molecule has 0 bridgehead atoms. The SMILES string of the molecule is CCCCCCC/C=C\C/C=C\C/C=C\CCCCCCCCCCCCCCCCCCCCCCC(=O)NC(COC1OC(CO)C(O)C(O)C1O)C(O)CCCCCCCCCCCCC. The van der Waals surface area contributed by atoms with Gasteiger partial charge in [0, 0.05) is 6.42 Å². The molecule has 1 aliphatic heterocycles. The van der Waals surface area contributed by atoms with Crippen LogP contribution in [0, 0.1) is 0 Å². The summed E-state index contributed by atoms with van der Waals surface area (Å²) in [5, 5.41) is 54.5. The van der Waals surface area contributed by atoms with Crippen LogP contribution >= 0.6 is 0 Å². The highest BCUT2D eigenvalue weighted by Gasteiger charge is 2.44. The molecule has 1 heterocycles. The Morgan fingerprint density at radius 3 is 1.26 bits per heavy atom. The number of aliphatic hydroxyl groups is 5. The molecule has 69 heavy (non-hydrogen) atoms. The lowest BCUT2D eigenvalue weighted by atomic mass is 9.99. The van der Waals surface area contributed by atoms with Crippen molar-refractivity contribution in [2.75, 3.05) is 13.2 Å². The van der Waals surface area contributed by atoms with Gasteiger partial charge in [0.15, 0.2) is 6.29 Å². The quantitative estimate of drug-likeness (QED) is 0.0261. The van der Waals surface area contributed by atoms with Crippen LogP contribution in [0.2, 0.25) is 0 Å². The fourth-order valence-corrected chi connectivity index (χ4v) is 9.52. The molecule has 1 rings (SSSR count). The Morgan fingerprint density at radius 1 is 0.493 bits per heavy atom. The third-order valence-electron chi connectivity index (χ3n) is 14.2. The maximum Gasteiger partial charge on any atom is 0.220 e. The number of rotatable bonds is 51. The van der Waals surface area contributed by atoms with Crippen LogP contribution < -0.4 is 5.32 Å². The molecule has 0 saturated carbocycles. The van der Waals surface area contributed by atoms with E-state index in [0.717, 1.165) is 51.4 Å². The van der Waals surface area contributed by atoms with Crippen molar-refractivity contribution in [2.24, 2.45) is 0 Å². The van der Waals surface area contributed by atoms with Crippen molar-refractivity contribution in [3.63, 3.8) is 0 Å². The molecule has 406 valence electrons. The van der Waals surface area contributed by atoms with Crippen LogP contribution in [0.3, 0.4) is 0 Å². The normalized spacial score (nSPS) is 19.7. The molecule has 1 aliphatic rings. The van der Waals surface area contributed by atoms with Gasteiger partial charge in [0.05, 0.1) is 25.4 Å². The van der Waals surface area contributed by atoms with Gasteiger partial charge in [-0.25, -0.2) is 0 Å². The Labute approximate surface area is 425 Å². The molecule has 7 unspecified atom stereocenters. The van der Waals surface area contributed by atoms with Crippen molar-refractivity contribution in [3.05, 3.63) is 36.5 Å². The molecule has 1 saturated heterocycles. The largest absolute Gasteiger partial charge is 0.394 e. The van der Waals surface area contributed by atoms with E-state index in [0.29, 0.717) is 12.8 Å². The van der Waals surface area contributed by atoms with Crippen LogP contribution in [0.25, 0.3) is 0 Å². The van der Waals surface area contributed by atoms with Crippen LogP contribution in [0.1, 0.15) is 284 Å². The van der Waals surface area contributed by atoms with E-state index < -0.39 is 49.5 Å². The van der Waals surface area contributed by atoms with Crippen LogP contribution in [0.15, 0.2) is 36.5 Å². The Morgan fingerprint density at radius 2 is 0.855 bits per heavy atom. The first-order chi connectivity index (χ1) is 33.8. The van der Waals surface area contributed by atoms with Gasteiger partial charge in [0.2, 0.25) is 5.91 Å². The number of unbranched alkanes of at least 4 members (excludes halogenated alkanes) is 35. The Bertz CT molecular complexity index is 1180. The number of nitrogens with one attached hydrogen (secondary N) is 1. The van der Waals surface area contributed by atoms with E-state index in [9.17, 15) is 30.3 Å². The number of hydrogen-bond donors (Lipinski definition) is 6. The number of ether oxygens (including phenoxy) is 2. The number of hydrogen-bond acceptors (Lipinski definition) is 8. The van der Waals surface area contributed by atoms with Gasteiger partial charge in [0.25, 0.3) is 0 Å². The topological polar surface area (TPSA) is 149 Å². The molecule has 7 atom stereocenters. The molecule has 9 heteroatoms. The summed E-state index contributed by atoms with van der Waals surface area (Å²) in [4.78, 5) is 13.0. The van der Waals surface area contributed by atoms with E-state index in [2.05, 4.69) is 55.6 Å². The summed E-state index contributed by atoms with van der Waals surface area (Å²) in [6.45, 7) is 3.83. The minimum atomic E-state index is -1.55. The maximum absolute atomic E-state index is 13.0. The Balaban J connectivity index is 2.05. The maximum atomic E-state index is 13.0. The second kappa shape index (κ2) is 50.0. The lowest BCUT2D eigenvalue weighted by Gasteiger charge is -2.40. The highest BCUT2D eigenvalue weighted by atomic mass is 16.7. The third kappa shape index (κ3) is 39.6. The van der Waals surface area contributed by atoms with Crippen LogP contribution in [0.4, 0.5) is 0 Å². The molecular formula is C60H113NO8. The van der Waals surface area contributed by atoms with Crippen molar-refractivity contribution in [1.82, 2.24) is 5.32 Å². The lowest BCUT2D eigenvalue weighted by molar-refractivity contribution is -0.302. The first kappa shape index (κ1) is 65.4. The van der Waals surface area contributed by atoms with Crippen molar-refractivity contribution in [3.8, 4) is 0 Å². The second-order valence-corrected chi connectivity index (χ2v) is 20.8. The van der Waals surface area contributed by atoms with Gasteiger partial charge in [-0.1, -0.05) is 262 Å². The molecular weight excluding hydrogens is 863 g/mol. The summed E-state index contributed by atoms with van der Waals surface area (Å²) < 4.78 is 11.3. The number of carbonyl (C=O) groups excluding carboxylic acids is 1. The molecule has 0 aliphatic carbocycles. The van der Waals surface area contributed by atoms with Gasteiger partial charge in [-0.15, -0.1) is 0 Å². The average molecular weight is 977 g/mol. The number of carbonyl (C=O) groups is 1. The van der Waals surface area contributed by atoms with E-state index >= 15 is 0 Å². The predicted molar refractivity (Wildman–Crippen MR) is 290 cm³/mol. The fraction of sp³-hybridized carbons (Fsp3) is 0.883. The van der Waals surface area contributed by atoms with Gasteiger partial charge in [0.1, 0.15) is 24.4 Å². The van der Waals surface area contributed by atoms with Crippen molar-refractivity contribution in [1.29, 1.82) is 0 Å². The van der Waals surface area contributed by atoms with Gasteiger partial charge < -0.3 is 40.3 Å². The Hall–Kier alpha value is -1.59. The average Bonchev–Trinajstić information content (AvgIpc) is 3.35. The van der Waals surface area contributed by atoms with E-state index in [-0.39, 0.29) is 12.5 Å². The zero-order valence-corrected chi connectivity index (χ0v) is 45.1. The number of allylic oxidation sites excluding steroid dienone is 6. The summed E-state index contributed by atoms with van der Waals surface area (Å²) in [7, 11) is 0. The van der Waals surface area contributed by atoms with Crippen molar-refractivity contribution < 1.29 is 39.8 Å². The molecule has 6 N–H and O–H groups in total.